The quantitative estimate of drug-likeness (QED) is 0.277. The monoisotopic (exact) mass is 439 g/mol. The van der Waals surface area contributed by atoms with Gasteiger partial charge in [0, 0.05) is 16.5 Å². The molecule has 33 heavy (non-hydrogen) atoms. The summed E-state index contributed by atoms with van der Waals surface area (Å²) in [4.78, 5) is 30.6. The summed E-state index contributed by atoms with van der Waals surface area (Å²) in [5.74, 6) is -0.167. The molecule has 0 saturated heterocycles. The number of carbonyl (C=O) groups excluding carboxylic acids is 2. The third-order valence-corrected chi connectivity index (χ3v) is 5.66. The molecule has 0 N–H and O–H groups in total. The van der Waals surface area contributed by atoms with Crippen molar-refractivity contribution in [3.63, 3.8) is 0 Å². The van der Waals surface area contributed by atoms with E-state index in [4.69, 9.17) is 14.5 Å². The molecule has 0 aliphatic heterocycles. The fourth-order valence-electron chi connectivity index (χ4n) is 3.79. The highest BCUT2D eigenvalue weighted by Gasteiger charge is 2.21. The second-order valence-electron chi connectivity index (χ2n) is 8.07. The maximum atomic E-state index is 13.2. The van der Waals surface area contributed by atoms with E-state index in [1.165, 1.54) is 0 Å². The number of esters is 1. The number of hydrogen-bond acceptors (Lipinski definition) is 5. The van der Waals surface area contributed by atoms with Gasteiger partial charge in [0.15, 0.2) is 12.4 Å². The molecular weight excluding hydrogens is 414 g/mol. The van der Waals surface area contributed by atoms with Crippen LogP contribution in [-0.2, 0) is 4.74 Å². The summed E-state index contributed by atoms with van der Waals surface area (Å²) in [6.07, 6.45) is 0. The number of aryl methyl sites for hydroxylation is 2. The number of ether oxygens (including phenoxy) is 2. The van der Waals surface area contributed by atoms with Gasteiger partial charge in [0.05, 0.1) is 23.9 Å². The average molecular weight is 440 g/mol. The van der Waals surface area contributed by atoms with Crippen LogP contribution in [0.25, 0.3) is 22.2 Å². The third-order valence-electron chi connectivity index (χ3n) is 5.66. The number of ketones is 1. The topological polar surface area (TPSA) is 65.5 Å². The van der Waals surface area contributed by atoms with Crippen molar-refractivity contribution in [3.05, 3.63) is 94.5 Å². The molecule has 0 unspecified atom stereocenters. The number of hydrogen-bond donors (Lipinski definition) is 0. The first-order chi connectivity index (χ1) is 15.9. The second kappa shape index (κ2) is 9.25. The number of carbonyl (C=O) groups is 2. The molecule has 0 saturated carbocycles. The minimum Gasteiger partial charge on any atom is -0.497 e. The molecule has 0 atom stereocenters. The smallest absolute Gasteiger partial charge is 0.339 e. The van der Waals surface area contributed by atoms with Crippen LogP contribution in [0.4, 0.5) is 0 Å². The Morgan fingerprint density at radius 2 is 1.52 bits per heavy atom. The van der Waals surface area contributed by atoms with Gasteiger partial charge in [-0.15, -0.1) is 0 Å². The van der Waals surface area contributed by atoms with E-state index in [1.54, 1.807) is 31.4 Å². The van der Waals surface area contributed by atoms with E-state index >= 15 is 0 Å². The molecule has 166 valence electrons. The molecule has 4 aromatic rings. The maximum absolute atomic E-state index is 13.2. The van der Waals surface area contributed by atoms with Crippen molar-refractivity contribution >= 4 is 22.7 Å². The van der Waals surface area contributed by atoms with Crippen molar-refractivity contribution in [3.8, 4) is 17.0 Å². The molecule has 0 spiro atoms. The summed E-state index contributed by atoms with van der Waals surface area (Å²) in [5.41, 5.74) is 6.11. The van der Waals surface area contributed by atoms with Gasteiger partial charge in [-0.05, 0) is 62.7 Å². The number of methoxy groups -OCH3 is 1. The van der Waals surface area contributed by atoms with Gasteiger partial charge in [0.25, 0.3) is 0 Å². The number of nitrogens with zero attached hydrogens (tertiary/aromatic N) is 1. The normalized spacial score (nSPS) is 10.8. The fraction of sp³-hybridized carbons (Fsp3) is 0.179. The van der Waals surface area contributed by atoms with Crippen LogP contribution < -0.4 is 4.74 Å². The first-order valence-electron chi connectivity index (χ1n) is 10.7. The van der Waals surface area contributed by atoms with E-state index in [9.17, 15) is 9.59 Å². The van der Waals surface area contributed by atoms with Gasteiger partial charge in [-0.1, -0.05) is 41.5 Å². The maximum Gasteiger partial charge on any atom is 0.339 e. The van der Waals surface area contributed by atoms with Crippen LogP contribution in [0.3, 0.4) is 0 Å². The van der Waals surface area contributed by atoms with Crippen molar-refractivity contribution in [2.75, 3.05) is 13.7 Å². The summed E-state index contributed by atoms with van der Waals surface area (Å²) < 4.78 is 10.6. The number of rotatable bonds is 6. The molecule has 0 radical (unpaired) electrons. The average Bonchev–Trinajstić information content (AvgIpc) is 2.82. The van der Waals surface area contributed by atoms with Gasteiger partial charge in [-0.2, -0.15) is 0 Å². The van der Waals surface area contributed by atoms with Gasteiger partial charge in [0.1, 0.15) is 5.75 Å². The summed E-state index contributed by atoms with van der Waals surface area (Å²) in [6.45, 7) is 5.51. The second-order valence-corrected chi connectivity index (χ2v) is 8.07. The Hall–Kier alpha value is -3.99. The van der Waals surface area contributed by atoms with Gasteiger partial charge < -0.3 is 9.47 Å². The van der Waals surface area contributed by atoms with Crippen LogP contribution in [0.5, 0.6) is 5.75 Å². The number of fused-ring (bicyclic) bond motifs is 1. The predicted octanol–water partition coefficient (Wildman–Crippen LogP) is 5.88. The Kier molecular flexibility index (Phi) is 6.22. The molecule has 3 aromatic carbocycles. The van der Waals surface area contributed by atoms with Crippen molar-refractivity contribution in [2.24, 2.45) is 0 Å². The minimum absolute atomic E-state index is 0.281. The third kappa shape index (κ3) is 4.62. The van der Waals surface area contributed by atoms with Gasteiger partial charge in [-0.25, -0.2) is 9.78 Å². The molecule has 0 aliphatic carbocycles. The van der Waals surface area contributed by atoms with Gasteiger partial charge >= 0.3 is 5.97 Å². The molecule has 4 rings (SSSR count). The predicted molar refractivity (Wildman–Crippen MR) is 129 cm³/mol. The highest BCUT2D eigenvalue weighted by atomic mass is 16.5. The van der Waals surface area contributed by atoms with Crippen molar-refractivity contribution in [1.29, 1.82) is 0 Å². The molecule has 5 nitrogen and oxygen atoms in total. The SMILES string of the molecule is COc1ccc(C(=O)COC(=O)c2c(C)c(-c3ccc(C)cc3)nc3ccc(C)cc23)cc1. The van der Waals surface area contributed by atoms with Crippen LogP contribution in [-0.4, -0.2) is 30.5 Å². The first-order valence-corrected chi connectivity index (χ1v) is 10.7. The summed E-state index contributed by atoms with van der Waals surface area (Å²) in [6, 6.07) is 20.5. The minimum atomic E-state index is -0.541. The van der Waals surface area contributed by atoms with E-state index < -0.39 is 5.97 Å². The number of benzene rings is 3. The Morgan fingerprint density at radius 3 is 2.18 bits per heavy atom. The fourth-order valence-corrected chi connectivity index (χ4v) is 3.79. The van der Waals surface area contributed by atoms with Crippen LogP contribution in [0.15, 0.2) is 66.7 Å². The van der Waals surface area contributed by atoms with Crippen LogP contribution in [0.2, 0.25) is 0 Å². The van der Waals surface area contributed by atoms with E-state index in [-0.39, 0.29) is 12.4 Å². The highest BCUT2D eigenvalue weighted by Crippen LogP contribution is 2.31. The summed E-state index contributed by atoms with van der Waals surface area (Å²) in [7, 11) is 1.56. The standard InChI is InChI=1S/C28H25NO4/c1-17-5-8-21(9-6-17)27-19(3)26(23-15-18(2)7-14-24(23)29-27)28(31)33-16-25(30)20-10-12-22(32-4)13-11-20/h5-15H,16H2,1-4H3. The van der Waals surface area contributed by atoms with Gasteiger partial charge in [0.2, 0.25) is 0 Å². The zero-order chi connectivity index (χ0) is 23.5. The molecule has 0 bridgehead atoms. The summed E-state index contributed by atoms with van der Waals surface area (Å²) >= 11 is 0. The lowest BCUT2D eigenvalue weighted by Crippen LogP contribution is -2.16. The lowest BCUT2D eigenvalue weighted by Gasteiger charge is -2.15. The van der Waals surface area contributed by atoms with Crippen LogP contribution in [0, 0.1) is 20.8 Å². The van der Waals surface area contributed by atoms with E-state index in [0.29, 0.717) is 27.8 Å². The number of Topliss-reactive ketones (excluding diaryl/α,β-unsaturated/α-hetero) is 1. The molecule has 5 heteroatoms. The zero-order valence-electron chi connectivity index (χ0n) is 19.1. The highest BCUT2D eigenvalue weighted by molar-refractivity contribution is 6.07. The molecular formula is C28H25NO4. The molecule has 0 aliphatic rings. The Bertz CT molecular complexity index is 1340. The van der Waals surface area contributed by atoms with E-state index in [0.717, 1.165) is 27.9 Å². The summed E-state index contributed by atoms with van der Waals surface area (Å²) in [5, 5.41) is 0.713. The molecule has 0 amide bonds. The van der Waals surface area contributed by atoms with Crippen molar-refractivity contribution in [1.82, 2.24) is 4.98 Å². The molecule has 0 fully saturated rings. The number of aromatic nitrogens is 1. The van der Waals surface area contributed by atoms with Crippen LogP contribution in [0.1, 0.15) is 37.4 Å². The number of pyridine rings is 1. The van der Waals surface area contributed by atoms with E-state index in [2.05, 4.69) is 0 Å². The zero-order valence-corrected chi connectivity index (χ0v) is 19.1. The van der Waals surface area contributed by atoms with E-state index in [1.807, 2.05) is 63.2 Å². The molecule has 1 aromatic heterocycles. The lowest BCUT2D eigenvalue weighted by atomic mass is 9.96. The Morgan fingerprint density at radius 1 is 0.848 bits per heavy atom. The van der Waals surface area contributed by atoms with Gasteiger partial charge in [-0.3, -0.25) is 4.79 Å². The largest absolute Gasteiger partial charge is 0.497 e. The van der Waals surface area contributed by atoms with Crippen molar-refractivity contribution in [2.45, 2.75) is 20.8 Å². The Balaban J connectivity index is 1.69. The van der Waals surface area contributed by atoms with Crippen molar-refractivity contribution < 1.29 is 19.1 Å². The lowest BCUT2D eigenvalue weighted by molar-refractivity contribution is 0.0476. The molecule has 1 heterocycles. The Labute approximate surface area is 193 Å². The van der Waals surface area contributed by atoms with Crippen LogP contribution >= 0.6 is 0 Å². The first kappa shape index (κ1) is 22.2.